The van der Waals surface area contributed by atoms with Crippen LogP contribution in [0.1, 0.15) is 5.56 Å². The molecule has 2 aromatic rings. The lowest BCUT2D eigenvalue weighted by Gasteiger charge is -2.04. The molecule has 0 aliphatic rings. The first-order chi connectivity index (χ1) is 7.70. The maximum atomic E-state index is 9.05. The van der Waals surface area contributed by atoms with E-state index in [1.807, 2.05) is 18.2 Å². The molecule has 5 heteroatoms. The summed E-state index contributed by atoms with van der Waals surface area (Å²) < 4.78 is 0. The second kappa shape index (κ2) is 4.61. The topological polar surface area (TPSA) is 79.4 Å². The molecule has 0 bridgehead atoms. The van der Waals surface area contributed by atoms with Crippen LogP contribution in [-0.2, 0) is 6.42 Å². The van der Waals surface area contributed by atoms with Crippen LogP contribution in [0.3, 0.4) is 0 Å². The summed E-state index contributed by atoms with van der Waals surface area (Å²) in [6.45, 7) is 0.598. The highest BCUT2D eigenvalue weighted by Gasteiger charge is 2.11. The van der Waals surface area contributed by atoms with Gasteiger partial charge in [0.05, 0.1) is 5.52 Å². The van der Waals surface area contributed by atoms with E-state index in [1.165, 1.54) is 6.20 Å². The van der Waals surface area contributed by atoms with Gasteiger partial charge in [-0.1, -0.05) is 12.1 Å². The second-order valence-corrected chi connectivity index (χ2v) is 3.71. The Kier molecular flexibility index (Phi) is 3.19. The van der Waals surface area contributed by atoms with Gasteiger partial charge in [0.2, 0.25) is 0 Å². The molecule has 1 heterocycles. The largest absolute Gasteiger partial charge is 0.490 e. The van der Waals surface area contributed by atoms with Crippen molar-refractivity contribution in [2.24, 2.45) is 5.73 Å². The number of hydrogen-bond donors (Lipinski definition) is 3. The third-order valence-electron chi connectivity index (χ3n) is 2.50. The fraction of sp³-hybridized carbons (Fsp3) is 0.182. The summed E-state index contributed by atoms with van der Waals surface area (Å²) in [7, 11) is -1.48. The number of fused-ring (bicyclic) bond motifs is 1. The molecule has 2 rings (SSSR count). The minimum absolute atomic E-state index is 0.400. The normalized spacial score (nSPS) is 10.7. The van der Waals surface area contributed by atoms with Crippen LogP contribution < -0.4 is 11.2 Å². The first-order valence-electron chi connectivity index (χ1n) is 5.15. The summed E-state index contributed by atoms with van der Waals surface area (Å²) >= 11 is 0. The molecule has 1 aromatic heterocycles. The number of hydrogen-bond acceptors (Lipinski definition) is 4. The predicted octanol–water partition coefficient (Wildman–Crippen LogP) is -0.584. The number of nitrogens with two attached hydrogens (primary N) is 1. The highest BCUT2D eigenvalue weighted by molar-refractivity contribution is 6.58. The SMILES string of the molecule is NCCc1ccc2ncc(B(O)O)cc2c1. The highest BCUT2D eigenvalue weighted by atomic mass is 16.4. The highest BCUT2D eigenvalue weighted by Crippen LogP contribution is 2.12. The van der Waals surface area contributed by atoms with Gasteiger partial charge in [-0.2, -0.15) is 0 Å². The minimum atomic E-state index is -1.48. The van der Waals surface area contributed by atoms with Crippen LogP contribution in [0, 0.1) is 0 Å². The van der Waals surface area contributed by atoms with E-state index in [4.69, 9.17) is 15.8 Å². The molecule has 0 aliphatic heterocycles. The molecular weight excluding hydrogens is 203 g/mol. The summed E-state index contributed by atoms with van der Waals surface area (Å²) in [5.41, 5.74) is 7.85. The zero-order valence-electron chi connectivity index (χ0n) is 8.80. The number of rotatable bonds is 3. The van der Waals surface area contributed by atoms with Crippen molar-refractivity contribution >= 4 is 23.5 Å². The van der Waals surface area contributed by atoms with E-state index in [1.54, 1.807) is 6.07 Å². The van der Waals surface area contributed by atoms with Gasteiger partial charge in [0, 0.05) is 17.0 Å². The molecule has 0 radical (unpaired) electrons. The average Bonchev–Trinajstić information content (AvgIpc) is 2.28. The Morgan fingerprint density at radius 1 is 1.25 bits per heavy atom. The van der Waals surface area contributed by atoms with Crippen molar-refractivity contribution in [3.05, 3.63) is 36.0 Å². The van der Waals surface area contributed by atoms with Gasteiger partial charge in [0.1, 0.15) is 0 Å². The molecule has 4 N–H and O–H groups in total. The predicted molar refractivity (Wildman–Crippen MR) is 64.3 cm³/mol. The van der Waals surface area contributed by atoms with E-state index in [2.05, 4.69) is 4.98 Å². The first-order valence-corrected chi connectivity index (χ1v) is 5.15. The van der Waals surface area contributed by atoms with Crippen molar-refractivity contribution < 1.29 is 10.0 Å². The molecule has 0 amide bonds. The molecule has 0 saturated heterocycles. The lowest BCUT2D eigenvalue weighted by Crippen LogP contribution is -2.29. The van der Waals surface area contributed by atoms with Crippen LogP contribution in [0.15, 0.2) is 30.5 Å². The van der Waals surface area contributed by atoms with Crippen LogP contribution >= 0.6 is 0 Å². The molecule has 1 aromatic carbocycles. The summed E-state index contributed by atoms with van der Waals surface area (Å²) in [5.74, 6) is 0. The molecule has 0 spiro atoms. The maximum absolute atomic E-state index is 9.05. The number of pyridine rings is 1. The van der Waals surface area contributed by atoms with Crippen molar-refractivity contribution in [2.75, 3.05) is 6.54 Å². The van der Waals surface area contributed by atoms with Gasteiger partial charge in [-0.05, 0) is 30.7 Å². The van der Waals surface area contributed by atoms with Gasteiger partial charge < -0.3 is 15.8 Å². The van der Waals surface area contributed by atoms with Crippen LogP contribution in [0.25, 0.3) is 10.9 Å². The van der Waals surface area contributed by atoms with Gasteiger partial charge in [-0.3, -0.25) is 4.98 Å². The smallest absolute Gasteiger partial charge is 0.423 e. The molecule has 82 valence electrons. The molecule has 0 unspecified atom stereocenters. The molecule has 0 atom stereocenters. The van der Waals surface area contributed by atoms with Crippen LogP contribution in [0.5, 0.6) is 0 Å². The summed E-state index contributed by atoms with van der Waals surface area (Å²) in [6, 6.07) is 7.60. The Balaban J connectivity index is 2.48. The van der Waals surface area contributed by atoms with Crippen molar-refractivity contribution in [3.63, 3.8) is 0 Å². The standard InChI is InChI=1S/C11H13BN2O2/c13-4-3-8-1-2-11-9(5-8)6-10(7-14-11)12(15)16/h1-2,5-7,15-16H,3-4,13H2. The maximum Gasteiger partial charge on any atom is 0.490 e. The minimum Gasteiger partial charge on any atom is -0.423 e. The quantitative estimate of drug-likeness (QED) is 0.599. The molecular formula is C11H13BN2O2. The summed E-state index contributed by atoms with van der Waals surface area (Å²) in [5, 5.41) is 19.0. The summed E-state index contributed by atoms with van der Waals surface area (Å²) in [4.78, 5) is 4.15. The van der Waals surface area contributed by atoms with Gasteiger partial charge >= 0.3 is 7.12 Å². The second-order valence-electron chi connectivity index (χ2n) is 3.71. The summed E-state index contributed by atoms with van der Waals surface area (Å²) in [6.07, 6.45) is 2.28. The third kappa shape index (κ3) is 2.22. The Hall–Kier alpha value is -1.43. The van der Waals surface area contributed by atoms with Crippen LogP contribution in [0.4, 0.5) is 0 Å². The van der Waals surface area contributed by atoms with Gasteiger partial charge in [0.15, 0.2) is 0 Å². The molecule has 0 fully saturated rings. The van der Waals surface area contributed by atoms with E-state index in [0.29, 0.717) is 12.0 Å². The van der Waals surface area contributed by atoms with Gasteiger partial charge in [-0.15, -0.1) is 0 Å². The van der Waals surface area contributed by atoms with E-state index in [0.717, 1.165) is 22.9 Å². The van der Waals surface area contributed by atoms with Crippen molar-refractivity contribution in [1.82, 2.24) is 4.98 Å². The monoisotopic (exact) mass is 216 g/mol. The molecule has 4 nitrogen and oxygen atoms in total. The zero-order chi connectivity index (χ0) is 11.5. The fourth-order valence-corrected chi connectivity index (χ4v) is 1.66. The average molecular weight is 216 g/mol. The van der Waals surface area contributed by atoms with Crippen LogP contribution in [0.2, 0.25) is 0 Å². The van der Waals surface area contributed by atoms with Crippen molar-refractivity contribution in [3.8, 4) is 0 Å². The van der Waals surface area contributed by atoms with E-state index in [9.17, 15) is 0 Å². The Labute approximate surface area is 93.9 Å². The number of nitrogens with zero attached hydrogens (tertiary/aromatic N) is 1. The van der Waals surface area contributed by atoms with Crippen LogP contribution in [-0.4, -0.2) is 28.7 Å². The Morgan fingerprint density at radius 2 is 2.06 bits per heavy atom. The Morgan fingerprint density at radius 3 is 2.75 bits per heavy atom. The van der Waals surface area contributed by atoms with Crippen molar-refractivity contribution in [1.29, 1.82) is 0 Å². The first kappa shape index (κ1) is 11.1. The zero-order valence-corrected chi connectivity index (χ0v) is 8.80. The number of benzene rings is 1. The third-order valence-corrected chi connectivity index (χ3v) is 2.50. The molecule has 0 aliphatic carbocycles. The van der Waals surface area contributed by atoms with E-state index >= 15 is 0 Å². The molecule has 0 saturated carbocycles. The van der Waals surface area contributed by atoms with E-state index < -0.39 is 7.12 Å². The van der Waals surface area contributed by atoms with Crippen molar-refractivity contribution in [2.45, 2.75) is 6.42 Å². The molecule has 16 heavy (non-hydrogen) atoms. The van der Waals surface area contributed by atoms with Gasteiger partial charge in [0.25, 0.3) is 0 Å². The fourth-order valence-electron chi connectivity index (χ4n) is 1.66. The Bertz CT molecular complexity index is 502. The van der Waals surface area contributed by atoms with E-state index in [-0.39, 0.29) is 0 Å². The van der Waals surface area contributed by atoms with Gasteiger partial charge in [-0.25, -0.2) is 0 Å². The number of aromatic nitrogens is 1. The lowest BCUT2D eigenvalue weighted by molar-refractivity contribution is 0.425. The lowest BCUT2D eigenvalue weighted by atomic mass is 9.81.